The first-order chi connectivity index (χ1) is 6.70. The molecule has 1 aliphatic rings. The predicted octanol–water partition coefficient (Wildman–Crippen LogP) is 1.72. The molecule has 1 aliphatic heterocycles. The summed E-state index contributed by atoms with van der Waals surface area (Å²) in [5.41, 5.74) is -0.0575. The SMILES string of the molecule is CC1(Nc2ncncc2Cl)CCOC1. The van der Waals surface area contributed by atoms with Crippen LogP contribution in [0.15, 0.2) is 12.5 Å². The Morgan fingerprint density at radius 3 is 3.14 bits per heavy atom. The smallest absolute Gasteiger partial charge is 0.148 e. The zero-order valence-electron chi connectivity index (χ0n) is 7.96. The summed E-state index contributed by atoms with van der Waals surface area (Å²) in [7, 11) is 0. The van der Waals surface area contributed by atoms with Gasteiger partial charge in [0, 0.05) is 6.61 Å². The van der Waals surface area contributed by atoms with E-state index in [0.29, 0.717) is 17.4 Å². The van der Waals surface area contributed by atoms with E-state index in [0.717, 1.165) is 13.0 Å². The standard InChI is InChI=1S/C9H12ClN3O/c1-9(2-3-14-5-9)13-8-7(10)4-11-6-12-8/h4,6H,2-3,5H2,1H3,(H,11,12,13). The van der Waals surface area contributed by atoms with Gasteiger partial charge in [-0.3, -0.25) is 0 Å². The summed E-state index contributed by atoms with van der Waals surface area (Å²) in [5.74, 6) is 0.676. The second-order valence-corrected chi connectivity index (χ2v) is 4.11. The van der Waals surface area contributed by atoms with E-state index >= 15 is 0 Å². The zero-order valence-corrected chi connectivity index (χ0v) is 8.71. The van der Waals surface area contributed by atoms with Crippen LogP contribution in [0.1, 0.15) is 13.3 Å². The predicted molar refractivity (Wildman–Crippen MR) is 54.5 cm³/mol. The monoisotopic (exact) mass is 213 g/mol. The Hall–Kier alpha value is -0.870. The number of anilines is 1. The van der Waals surface area contributed by atoms with Crippen molar-refractivity contribution in [3.8, 4) is 0 Å². The van der Waals surface area contributed by atoms with Crippen molar-refractivity contribution in [1.29, 1.82) is 0 Å². The fraction of sp³-hybridized carbons (Fsp3) is 0.556. The first-order valence-corrected chi connectivity index (χ1v) is 4.89. The zero-order chi connectivity index (χ0) is 10.0. The normalized spacial score (nSPS) is 26.4. The summed E-state index contributed by atoms with van der Waals surface area (Å²) in [6.45, 7) is 3.57. The molecule has 2 rings (SSSR count). The summed E-state index contributed by atoms with van der Waals surface area (Å²) < 4.78 is 5.32. The Balaban J connectivity index is 2.14. The summed E-state index contributed by atoms with van der Waals surface area (Å²) >= 11 is 5.94. The molecule has 1 saturated heterocycles. The lowest BCUT2D eigenvalue weighted by Gasteiger charge is -2.24. The molecule has 0 saturated carbocycles. The van der Waals surface area contributed by atoms with E-state index in [1.165, 1.54) is 6.33 Å². The number of nitrogens with one attached hydrogen (secondary N) is 1. The van der Waals surface area contributed by atoms with Crippen LogP contribution in [0, 0.1) is 0 Å². The van der Waals surface area contributed by atoms with Gasteiger partial charge in [0.25, 0.3) is 0 Å². The van der Waals surface area contributed by atoms with E-state index in [1.807, 2.05) is 0 Å². The number of nitrogens with zero attached hydrogens (tertiary/aromatic N) is 2. The van der Waals surface area contributed by atoms with E-state index in [9.17, 15) is 0 Å². The van der Waals surface area contributed by atoms with Crippen LogP contribution in [0.25, 0.3) is 0 Å². The van der Waals surface area contributed by atoms with Gasteiger partial charge in [0.05, 0.1) is 18.3 Å². The van der Waals surface area contributed by atoms with Gasteiger partial charge < -0.3 is 10.1 Å². The lowest BCUT2D eigenvalue weighted by atomic mass is 10.0. The first kappa shape index (κ1) is 9.68. The van der Waals surface area contributed by atoms with Gasteiger partial charge in [-0.1, -0.05) is 11.6 Å². The number of halogens is 1. The topological polar surface area (TPSA) is 47.0 Å². The van der Waals surface area contributed by atoms with Crippen LogP contribution < -0.4 is 5.32 Å². The highest BCUT2D eigenvalue weighted by atomic mass is 35.5. The van der Waals surface area contributed by atoms with Gasteiger partial charge >= 0.3 is 0 Å². The second-order valence-electron chi connectivity index (χ2n) is 3.71. The second kappa shape index (κ2) is 3.71. The maximum Gasteiger partial charge on any atom is 0.148 e. The van der Waals surface area contributed by atoms with Crippen molar-refractivity contribution in [2.24, 2.45) is 0 Å². The molecule has 0 spiro atoms. The van der Waals surface area contributed by atoms with Crippen molar-refractivity contribution >= 4 is 17.4 Å². The average Bonchev–Trinajstić information content (AvgIpc) is 2.57. The van der Waals surface area contributed by atoms with Crippen LogP contribution in [-0.2, 0) is 4.74 Å². The molecule has 0 aliphatic carbocycles. The Bertz CT molecular complexity index is 326. The van der Waals surface area contributed by atoms with Gasteiger partial charge in [-0.05, 0) is 13.3 Å². The number of aromatic nitrogens is 2. The van der Waals surface area contributed by atoms with Gasteiger partial charge in [-0.2, -0.15) is 0 Å². The fourth-order valence-corrected chi connectivity index (χ4v) is 1.61. The molecule has 76 valence electrons. The lowest BCUT2D eigenvalue weighted by Crippen LogP contribution is -2.35. The highest BCUT2D eigenvalue weighted by Crippen LogP contribution is 2.26. The molecule has 0 amide bonds. The van der Waals surface area contributed by atoms with Crippen LogP contribution >= 0.6 is 11.6 Å². The maximum absolute atomic E-state index is 5.94. The molecule has 1 aromatic heterocycles. The summed E-state index contributed by atoms with van der Waals surface area (Å²) in [5, 5.41) is 3.82. The number of hydrogen-bond acceptors (Lipinski definition) is 4. The van der Waals surface area contributed by atoms with Gasteiger partial charge in [0.2, 0.25) is 0 Å². The molecule has 1 aromatic rings. The van der Waals surface area contributed by atoms with Crippen molar-refractivity contribution in [2.45, 2.75) is 18.9 Å². The van der Waals surface area contributed by atoms with E-state index in [-0.39, 0.29) is 5.54 Å². The van der Waals surface area contributed by atoms with Crippen LogP contribution in [-0.4, -0.2) is 28.7 Å². The van der Waals surface area contributed by atoms with Crippen LogP contribution in [0.5, 0.6) is 0 Å². The minimum absolute atomic E-state index is 0.0575. The van der Waals surface area contributed by atoms with Crippen LogP contribution in [0.2, 0.25) is 5.02 Å². The van der Waals surface area contributed by atoms with E-state index in [1.54, 1.807) is 6.20 Å². The molecule has 4 nitrogen and oxygen atoms in total. The summed E-state index contributed by atoms with van der Waals surface area (Å²) in [6.07, 6.45) is 4.02. The molecular weight excluding hydrogens is 202 g/mol. The van der Waals surface area contributed by atoms with Gasteiger partial charge in [-0.25, -0.2) is 9.97 Å². The first-order valence-electron chi connectivity index (χ1n) is 4.51. The minimum atomic E-state index is -0.0575. The molecule has 1 atom stereocenters. The Morgan fingerprint density at radius 1 is 1.64 bits per heavy atom. The quantitative estimate of drug-likeness (QED) is 0.813. The fourth-order valence-electron chi connectivity index (χ4n) is 1.46. The average molecular weight is 214 g/mol. The molecular formula is C9H12ClN3O. The highest BCUT2D eigenvalue weighted by molar-refractivity contribution is 6.32. The molecule has 14 heavy (non-hydrogen) atoms. The third kappa shape index (κ3) is 1.96. The lowest BCUT2D eigenvalue weighted by molar-refractivity contribution is 0.185. The van der Waals surface area contributed by atoms with Crippen molar-refractivity contribution < 1.29 is 4.74 Å². The van der Waals surface area contributed by atoms with Crippen molar-refractivity contribution in [3.05, 3.63) is 17.5 Å². The molecule has 0 aromatic carbocycles. The molecule has 2 heterocycles. The third-order valence-corrected chi connectivity index (χ3v) is 2.58. The minimum Gasteiger partial charge on any atom is -0.379 e. The van der Waals surface area contributed by atoms with Gasteiger partial charge in [-0.15, -0.1) is 0 Å². The van der Waals surface area contributed by atoms with Crippen LogP contribution in [0.4, 0.5) is 5.82 Å². The molecule has 1 N–H and O–H groups in total. The van der Waals surface area contributed by atoms with Gasteiger partial charge in [0.15, 0.2) is 0 Å². The maximum atomic E-state index is 5.94. The Morgan fingerprint density at radius 2 is 2.50 bits per heavy atom. The summed E-state index contributed by atoms with van der Waals surface area (Å²) in [6, 6.07) is 0. The van der Waals surface area contributed by atoms with Crippen LogP contribution in [0.3, 0.4) is 0 Å². The molecule has 1 unspecified atom stereocenters. The van der Waals surface area contributed by atoms with Crippen molar-refractivity contribution in [3.63, 3.8) is 0 Å². The van der Waals surface area contributed by atoms with E-state index < -0.39 is 0 Å². The number of rotatable bonds is 2. The Labute approximate surface area is 87.7 Å². The van der Waals surface area contributed by atoms with Gasteiger partial charge in [0.1, 0.15) is 17.2 Å². The number of hydrogen-bond donors (Lipinski definition) is 1. The Kier molecular flexibility index (Phi) is 2.56. The summed E-state index contributed by atoms with van der Waals surface area (Å²) in [4.78, 5) is 7.91. The molecule has 0 radical (unpaired) electrons. The van der Waals surface area contributed by atoms with E-state index in [2.05, 4.69) is 22.2 Å². The third-order valence-electron chi connectivity index (χ3n) is 2.31. The highest BCUT2D eigenvalue weighted by Gasteiger charge is 2.30. The molecule has 0 bridgehead atoms. The molecule has 5 heteroatoms. The number of ether oxygens (including phenoxy) is 1. The van der Waals surface area contributed by atoms with Crippen molar-refractivity contribution in [2.75, 3.05) is 18.5 Å². The molecule has 1 fully saturated rings. The van der Waals surface area contributed by atoms with E-state index in [4.69, 9.17) is 16.3 Å². The largest absolute Gasteiger partial charge is 0.379 e. The van der Waals surface area contributed by atoms with Crippen molar-refractivity contribution in [1.82, 2.24) is 9.97 Å².